The Hall–Kier alpha value is -4.81. The van der Waals surface area contributed by atoms with Crippen molar-refractivity contribution in [2.45, 2.75) is 12.6 Å². The average molecular weight is 541 g/mol. The van der Waals surface area contributed by atoms with Gasteiger partial charge in [0.05, 0.1) is 18.5 Å². The zero-order valence-corrected chi connectivity index (χ0v) is 23.3. The molecule has 2 aliphatic rings. The van der Waals surface area contributed by atoms with Crippen LogP contribution in [0.15, 0.2) is 133 Å². The molecule has 7 rings (SSSR count). The van der Waals surface area contributed by atoms with E-state index in [0.29, 0.717) is 11.5 Å². The Bertz CT molecular complexity index is 1670. The number of nitrogens with zero attached hydrogens (tertiary/aromatic N) is 2. The lowest BCUT2D eigenvalue weighted by molar-refractivity contribution is -0.117. The number of para-hydroxylation sites is 2. The molecule has 0 aliphatic carbocycles. The third-order valence-corrected chi connectivity index (χ3v) is 11.9. The fraction of sp³-hybridized carbons (Fsp3) is 0.0882. The predicted octanol–water partition coefficient (Wildman–Crippen LogP) is 5.42. The third-order valence-electron chi connectivity index (χ3n) is 7.97. The molecule has 1 unspecified atom stereocenters. The van der Waals surface area contributed by atoms with Crippen LogP contribution in [0.3, 0.4) is 0 Å². The first-order chi connectivity index (χ1) is 19.6. The topological polar surface area (TPSA) is 42.0 Å². The molecule has 0 saturated carbocycles. The third kappa shape index (κ3) is 3.17. The van der Waals surface area contributed by atoms with Crippen LogP contribution in [0.25, 0.3) is 0 Å². The van der Waals surface area contributed by atoms with E-state index >= 15 is 0 Å². The summed E-state index contributed by atoms with van der Waals surface area (Å²) in [6.07, 6.45) is 0. The van der Waals surface area contributed by atoms with Crippen LogP contribution in [0.1, 0.15) is 18.1 Å². The standard InChI is InChI=1S/C34H28N2O3Si/c1-25(37)35-31-20-12-13-21-32(31)36-34(35,26-14-6-3-7-15-26)30-23-22-27(38-2)24-33(30)39-40(36,28-16-8-4-9-17-28)29-18-10-5-11-19-29/h3-24H,1-2H3. The number of amides is 1. The van der Waals surface area contributed by atoms with Crippen molar-refractivity contribution >= 4 is 36.1 Å². The lowest BCUT2D eigenvalue weighted by Gasteiger charge is -2.56. The van der Waals surface area contributed by atoms with Crippen molar-refractivity contribution in [2.75, 3.05) is 16.6 Å². The molecule has 1 atom stereocenters. The molecule has 0 fully saturated rings. The second kappa shape index (κ2) is 9.14. The number of hydrogen-bond donors (Lipinski definition) is 0. The van der Waals surface area contributed by atoms with E-state index < -0.39 is 14.1 Å². The van der Waals surface area contributed by atoms with Crippen LogP contribution in [-0.2, 0) is 10.5 Å². The van der Waals surface area contributed by atoms with Crippen LogP contribution < -0.4 is 29.0 Å². The minimum absolute atomic E-state index is 0.0495. The fourth-order valence-corrected chi connectivity index (χ4v) is 10.8. The lowest BCUT2D eigenvalue weighted by Crippen LogP contribution is -2.82. The Morgan fingerprint density at radius 2 is 1.27 bits per heavy atom. The minimum Gasteiger partial charge on any atom is -0.518 e. The molecule has 2 heterocycles. The molecule has 0 radical (unpaired) electrons. The van der Waals surface area contributed by atoms with Crippen molar-refractivity contribution < 1.29 is 14.0 Å². The van der Waals surface area contributed by atoms with Crippen LogP contribution in [0.4, 0.5) is 11.4 Å². The van der Waals surface area contributed by atoms with Crippen molar-refractivity contribution in [3.05, 3.63) is 145 Å². The number of anilines is 2. The number of hydrogen-bond acceptors (Lipinski definition) is 4. The zero-order valence-electron chi connectivity index (χ0n) is 22.3. The van der Waals surface area contributed by atoms with Gasteiger partial charge in [-0.3, -0.25) is 9.69 Å². The molecule has 5 nitrogen and oxygen atoms in total. The summed E-state index contributed by atoms with van der Waals surface area (Å²) >= 11 is 0. The van der Waals surface area contributed by atoms with Crippen LogP contribution in [0.5, 0.6) is 11.5 Å². The van der Waals surface area contributed by atoms with Crippen LogP contribution in [0.2, 0.25) is 0 Å². The van der Waals surface area contributed by atoms with E-state index in [0.717, 1.165) is 32.9 Å². The first kappa shape index (κ1) is 24.2. The van der Waals surface area contributed by atoms with Gasteiger partial charge < -0.3 is 13.7 Å². The summed E-state index contributed by atoms with van der Waals surface area (Å²) in [7, 11) is -1.70. The maximum atomic E-state index is 13.9. The molecule has 5 aromatic rings. The van der Waals surface area contributed by atoms with E-state index in [1.165, 1.54) is 0 Å². The second-order valence-corrected chi connectivity index (χ2v) is 13.2. The zero-order chi connectivity index (χ0) is 27.3. The summed E-state index contributed by atoms with van der Waals surface area (Å²) in [4.78, 5) is 15.9. The maximum Gasteiger partial charge on any atom is 0.431 e. The van der Waals surface area contributed by atoms with Crippen molar-refractivity contribution in [3.63, 3.8) is 0 Å². The highest BCUT2D eigenvalue weighted by Crippen LogP contribution is 2.59. The van der Waals surface area contributed by atoms with Gasteiger partial charge in [0.15, 0.2) is 5.66 Å². The van der Waals surface area contributed by atoms with E-state index in [9.17, 15) is 4.79 Å². The van der Waals surface area contributed by atoms with Crippen molar-refractivity contribution in [3.8, 4) is 11.5 Å². The van der Waals surface area contributed by atoms with Gasteiger partial charge in [-0.25, -0.2) is 0 Å². The fourth-order valence-electron chi connectivity index (χ4n) is 6.49. The molecular weight excluding hydrogens is 512 g/mol. The van der Waals surface area contributed by atoms with Crippen molar-refractivity contribution in [1.29, 1.82) is 0 Å². The second-order valence-electron chi connectivity index (χ2n) is 10.1. The smallest absolute Gasteiger partial charge is 0.431 e. The largest absolute Gasteiger partial charge is 0.518 e. The van der Waals surface area contributed by atoms with Gasteiger partial charge in [-0.1, -0.05) is 103 Å². The Morgan fingerprint density at radius 1 is 0.725 bits per heavy atom. The van der Waals surface area contributed by atoms with Gasteiger partial charge in [-0.2, -0.15) is 0 Å². The summed E-state index contributed by atoms with van der Waals surface area (Å²) in [5.74, 6) is 1.36. The Morgan fingerprint density at radius 3 is 1.85 bits per heavy atom. The van der Waals surface area contributed by atoms with Gasteiger partial charge in [0.2, 0.25) is 5.91 Å². The first-order valence-electron chi connectivity index (χ1n) is 13.4. The number of fused-ring (bicyclic) bond motifs is 5. The number of methoxy groups -OCH3 is 1. The number of benzene rings is 5. The van der Waals surface area contributed by atoms with E-state index in [1.807, 2.05) is 71.6 Å². The quantitative estimate of drug-likeness (QED) is 0.286. The highest BCUT2D eigenvalue weighted by molar-refractivity contribution is 7.01. The summed E-state index contributed by atoms with van der Waals surface area (Å²) in [6.45, 7) is 1.65. The SMILES string of the molecule is COc1ccc2c(c1)O[Si](c1ccccc1)(c1ccccc1)N1c3ccccc3N(C(C)=O)C21c1ccccc1. The monoisotopic (exact) mass is 540 g/mol. The molecule has 2 aliphatic heterocycles. The Labute approximate surface area is 235 Å². The molecule has 0 bridgehead atoms. The number of carbonyl (C=O) groups is 1. The Balaban J connectivity index is 1.72. The summed E-state index contributed by atoms with van der Waals surface area (Å²) < 4.78 is 15.5. The van der Waals surface area contributed by atoms with Crippen molar-refractivity contribution in [2.24, 2.45) is 0 Å². The molecule has 0 saturated heterocycles. The van der Waals surface area contributed by atoms with Gasteiger partial charge in [0.25, 0.3) is 0 Å². The normalized spacial score (nSPS) is 18.2. The summed E-state index contributed by atoms with van der Waals surface area (Å²) in [6, 6.07) is 45.4. The molecular formula is C34H28N2O3Si. The van der Waals surface area contributed by atoms with E-state index in [2.05, 4.69) is 71.3 Å². The maximum absolute atomic E-state index is 13.9. The highest BCUT2D eigenvalue weighted by atomic mass is 28.4. The molecule has 5 aromatic carbocycles. The molecule has 0 N–H and O–H groups in total. The van der Waals surface area contributed by atoms with Gasteiger partial charge in [0, 0.05) is 34.5 Å². The van der Waals surface area contributed by atoms with E-state index in [1.54, 1.807) is 14.0 Å². The molecule has 40 heavy (non-hydrogen) atoms. The molecule has 196 valence electrons. The lowest BCUT2D eigenvalue weighted by atomic mass is 9.89. The molecule has 6 heteroatoms. The van der Waals surface area contributed by atoms with Gasteiger partial charge in [0.1, 0.15) is 11.5 Å². The first-order valence-corrected chi connectivity index (χ1v) is 15.2. The molecule has 0 spiro atoms. The highest BCUT2D eigenvalue weighted by Gasteiger charge is 2.68. The van der Waals surface area contributed by atoms with Crippen LogP contribution in [0, 0.1) is 0 Å². The summed E-state index contributed by atoms with van der Waals surface area (Å²) in [5, 5.41) is 2.16. The minimum atomic E-state index is -3.36. The number of carbonyl (C=O) groups excluding carboxylic acids is 1. The van der Waals surface area contributed by atoms with Crippen LogP contribution >= 0.6 is 0 Å². The average Bonchev–Trinajstić information content (AvgIpc) is 3.34. The van der Waals surface area contributed by atoms with E-state index in [-0.39, 0.29) is 5.91 Å². The molecule has 0 aromatic heterocycles. The number of rotatable bonds is 4. The number of ether oxygens (including phenoxy) is 1. The summed E-state index contributed by atoms with van der Waals surface area (Å²) in [5.41, 5.74) is 2.69. The Kier molecular flexibility index (Phi) is 5.54. The van der Waals surface area contributed by atoms with Gasteiger partial charge >= 0.3 is 8.48 Å². The molecule has 1 amide bonds. The van der Waals surface area contributed by atoms with Crippen molar-refractivity contribution in [1.82, 2.24) is 0 Å². The van der Waals surface area contributed by atoms with Gasteiger partial charge in [-0.05, 0) is 24.3 Å². The van der Waals surface area contributed by atoms with Crippen LogP contribution in [-0.4, -0.2) is 21.5 Å². The van der Waals surface area contributed by atoms with Gasteiger partial charge in [-0.15, -0.1) is 0 Å². The van der Waals surface area contributed by atoms with E-state index in [4.69, 9.17) is 9.16 Å². The predicted molar refractivity (Wildman–Crippen MR) is 161 cm³/mol.